The van der Waals surface area contributed by atoms with Gasteiger partial charge in [0.15, 0.2) is 0 Å². The van der Waals surface area contributed by atoms with E-state index in [2.05, 4.69) is 20.6 Å². The van der Waals surface area contributed by atoms with Gasteiger partial charge in [-0.05, 0) is 38.9 Å². The lowest BCUT2D eigenvalue weighted by Gasteiger charge is -2.37. The first-order chi connectivity index (χ1) is 11.6. The van der Waals surface area contributed by atoms with Crippen LogP contribution in [0.15, 0.2) is 17.6 Å². The number of methoxy groups -OCH3 is 1. The van der Waals surface area contributed by atoms with E-state index in [1.807, 2.05) is 24.6 Å². The number of nitrogens with zero attached hydrogens (tertiary/aromatic N) is 1. The maximum absolute atomic E-state index is 12.5. The molecule has 0 atom stereocenters. The van der Waals surface area contributed by atoms with E-state index >= 15 is 0 Å². The lowest BCUT2D eigenvalue weighted by molar-refractivity contribution is 0.0511. The van der Waals surface area contributed by atoms with Crippen molar-refractivity contribution in [3.63, 3.8) is 0 Å². The molecule has 0 bridgehead atoms. The van der Waals surface area contributed by atoms with Gasteiger partial charge in [-0.3, -0.25) is 4.79 Å². The fourth-order valence-electron chi connectivity index (χ4n) is 3.17. The van der Waals surface area contributed by atoms with Crippen molar-refractivity contribution >= 4 is 17.2 Å². The smallest absolute Gasteiger partial charge is 0.267 e. The second kappa shape index (κ2) is 7.46. The first kappa shape index (κ1) is 17.1. The van der Waals surface area contributed by atoms with Gasteiger partial charge in [-0.1, -0.05) is 0 Å². The summed E-state index contributed by atoms with van der Waals surface area (Å²) in [4.78, 5) is 20.0. The zero-order valence-electron chi connectivity index (χ0n) is 14.1. The molecular formula is C17H24N4O2S. The predicted octanol–water partition coefficient (Wildman–Crippen LogP) is 2.19. The lowest BCUT2D eigenvalue weighted by atomic mass is 9.79. The third-order valence-corrected chi connectivity index (χ3v) is 5.35. The molecule has 2 aromatic rings. The number of nitrogens with one attached hydrogen (secondary N) is 3. The van der Waals surface area contributed by atoms with Crippen LogP contribution in [0.25, 0.3) is 11.3 Å². The van der Waals surface area contributed by atoms with Crippen molar-refractivity contribution in [2.75, 3.05) is 33.4 Å². The van der Waals surface area contributed by atoms with E-state index in [1.54, 1.807) is 18.4 Å². The van der Waals surface area contributed by atoms with Crippen molar-refractivity contribution in [1.29, 1.82) is 0 Å². The van der Waals surface area contributed by atoms with Crippen molar-refractivity contribution in [3.8, 4) is 11.3 Å². The van der Waals surface area contributed by atoms with Crippen LogP contribution in [0.5, 0.6) is 0 Å². The number of carbonyl (C=O) groups excluding carboxylic acids is 1. The van der Waals surface area contributed by atoms with Gasteiger partial charge in [-0.15, -0.1) is 11.3 Å². The molecule has 7 heteroatoms. The minimum absolute atomic E-state index is 0.0249. The van der Waals surface area contributed by atoms with Gasteiger partial charge in [0, 0.05) is 36.2 Å². The molecule has 130 valence electrons. The molecule has 0 saturated carbocycles. The molecule has 1 aliphatic heterocycles. The van der Waals surface area contributed by atoms with E-state index < -0.39 is 0 Å². The van der Waals surface area contributed by atoms with Crippen LogP contribution >= 0.6 is 11.3 Å². The third kappa shape index (κ3) is 3.85. The number of thiazole rings is 1. The van der Waals surface area contributed by atoms with Crippen molar-refractivity contribution < 1.29 is 9.53 Å². The average Bonchev–Trinajstić information content (AvgIpc) is 3.23. The number of piperidine rings is 1. The van der Waals surface area contributed by atoms with E-state index in [-0.39, 0.29) is 11.3 Å². The number of H-pyrrole nitrogens is 1. The summed E-state index contributed by atoms with van der Waals surface area (Å²) in [6.45, 7) is 5.21. The van der Waals surface area contributed by atoms with Gasteiger partial charge in [0.25, 0.3) is 5.91 Å². The molecule has 0 radical (unpaired) electrons. The molecule has 1 saturated heterocycles. The van der Waals surface area contributed by atoms with E-state index in [9.17, 15) is 4.79 Å². The summed E-state index contributed by atoms with van der Waals surface area (Å²) < 4.78 is 5.39. The number of amides is 1. The molecule has 3 heterocycles. The van der Waals surface area contributed by atoms with Crippen molar-refractivity contribution in [3.05, 3.63) is 28.3 Å². The zero-order chi connectivity index (χ0) is 17.0. The molecule has 3 N–H and O–H groups in total. The van der Waals surface area contributed by atoms with E-state index in [1.165, 1.54) is 0 Å². The Morgan fingerprint density at radius 3 is 2.92 bits per heavy atom. The molecule has 1 fully saturated rings. The highest BCUT2D eigenvalue weighted by atomic mass is 32.1. The summed E-state index contributed by atoms with van der Waals surface area (Å²) in [5, 5.41) is 9.45. The Balaban J connectivity index is 1.63. The number of aryl methyl sites for hydroxylation is 1. The average molecular weight is 348 g/mol. The number of rotatable bonds is 6. The fraction of sp³-hybridized carbons (Fsp3) is 0.529. The molecule has 0 aliphatic carbocycles. The van der Waals surface area contributed by atoms with Gasteiger partial charge >= 0.3 is 0 Å². The second-order valence-corrected chi connectivity index (χ2v) is 7.48. The van der Waals surface area contributed by atoms with Crippen LogP contribution in [0.1, 0.15) is 28.3 Å². The SMILES string of the molecule is COCC1(CNC(=O)c2cc(-c3csc(C)n3)c[nH]2)CCNCC1. The van der Waals surface area contributed by atoms with Crippen LogP contribution in [0.2, 0.25) is 0 Å². The molecule has 1 aliphatic rings. The number of hydrogen-bond donors (Lipinski definition) is 3. The molecule has 3 rings (SSSR count). The Hall–Kier alpha value is -1.70. The molecule has 0 spiro atoms. The Bertz CT molecular complexity index is 683. The first-order valence-electron chi connectivity index (χ1n) is 8.21. The highest BCUT2D eigenvalue weighted by Crippen LogP contribution is 2.28. The highest BCUT2D eigenvalue weighted by Gasteiger charge is 2.32. The Morgan fingerprint density at radius 2 is 2.25 bits per heavy atom. The lowest BCUT2D eigenvalue weighted by Crippen LogP contribution is -2.47. The van der Waals surface area contributed by atoms with Crippen molar-refractivity contribution in [2.45, 2.75) is 19.8 Å². The Kier molecular flexibility index (Phi) is 5.33. The Morgan fingerprint density at radius 1 is 1.46 bits per heavy atom. The van der Waals surface area contributed by atoms with Gasteiger partial charge in [0.1, 0.15) is 5.69 Å². The van der Waals surface area contributed by atoms with Crippen LogP contribution < -0.4 is 10.6 Å². The zero-order valence-corrected chi connectivity index (χ0v) is 15.0. The largest absolute Gasteiger partial charge is 0.384 e. The van der Waals surface area contributed by atoms with Crippen LogP contribution in [0.3, 0.4) is 0 Å². The second-order valence-electron chi connectivity index (χ2n) is 6.42. The third-order valence-electron chi connectivity index (χ3n) is 4.58. The summed E-state index contributed by atoms with van der Waals surface area (Å²) in [5.41, 5.74) is 2.44. The minimum Gasteiger partial charge on any atom is -0.384 e. The highest BCUT2D eigenvalue weighted by molar-refractivity contribution is 7.09. The fourth-order valence-corrected chi connectivity index (χ4v) is 3.79. The van der Waals surface area contributed by atoms with Gasteiger partial charge in [0.05, 0.1) is 17.3 Å². The minimum atomic E-state index is -0.0813. The monoisotopic (exact) mass is 348 g/mol. The normalized spacial score (nSPS) is 16.9. The first-order valence-corrected chi connectivity index (χ1v) is 9.09. The summed E-state index contributed by atoms with van der Waals surface area (Å²) >= 11 is 1.61. The molecule has 24 heavy (non-hydrogen) atoms. The molecule has 0 aromatic carbocycles. The van der Waals surface area contributed by atoms with Crippen molar-refractivity contribution in [2.24, 2.45) is 5.41 Å². The topological polar surface area (TPSA) is 79.0 Å². The van der Waals surface area contributed by atoms with Crippen molar-refractivity contribution in [1.82, 2.24) is 20.6 Å². The standard InChI is InChI=1S/C17H24N4O2S/c1-12-21-15(9-24-12)13-7-14(19-8-13)16(22)20-10-17(11-23-2)3-5-18-6-4-17/h7-9,18-19H,3-6,10-11H2,1-2H3,(H,20,22). The number of aromatic nitrogens is 2. The molecule has 1 amide bonds. The molecule has 0 unspecified atom stereocenters. The maximum Gasteiger partial charge on any atom is 0.267 e. The molecule has 2 aromatic heterocycles. The van der Waals surface area contributed by atoms with E-state index in [0.717, 1.165) is 42.2 Å². The Labute approximate surface area is 146 Å². The molecule has 6 nitrogen and oxygen atoms in total. The number of hydrogen-bond acceptors (Lipinski definition) is 5. The van der Waals surface area contributed by atoms with Crippen LogP contribution in [0.4, 0.5) is 0 Å². The van der Waals surface area contributed by atoms with E-state index in [0.29, 0.717) is 18.8 Å². The number of ether oxygens (including phenoxy) is 1. The summed E-state index contributed by atoms with van der Waals surface area (Å²) in [6, 6.07) is 1.86. The van der Waals surface area contributed by atoms with Gasteiger partial charge in [0.2, 0.25) is 0 Å². The van der Waals surface area contributed by atoms with Crippen LogP contribution in [-0.2, 0) is 4.74 Å². The van der Waals surface area contributed by atoms with Gasteiger partial charge in [-0.25, -0.2) is 4.98 Å². The quantitative estimate of drug-likeness (QED) is 0.748. The van der Waals surface area contributed by atoms with Crippen LogP contribution in [0, 0.1) is 12.3 Å². The van der Waals surface area contributed by atoms with Gasteiger partial charge in [-0.2, -0.15) is 0 Å². The maximum atomic E-state index is 12.5. The number of carbonyl (C=O) groups is 1. The van der Waals surface area contributed by atoms with Crippen LogP contribution in [-0.4, -0.2) is 49.2 Å². The van der Waals surface area contributed by atoms with E-state index in [4.69, 9.17) is 4.74 Å². The summed E-state index contributed by atoms with van der Waals surface area (Å²) in [7, 11) is 1.72. The molecular weight excluding hydrogens is 324 g/mol. The number of aromatic amines is 1. The van der Waals surface area contributed by atoms with Gasteiger partial charge < -0.3 is 20.4 Å². The summed E-state index contributed by atoms with van der Waals surface area (Å²) in [6.07, 6.45) is 3.85. The predicted molar refractivity (Wildman–Crippen MR) is 95.4 cm³/mol. The summed E-state index contributed by atoms with van der Waals surface area (Å²) in [5.74, 6) is -0.0813.